The number of nitrogens with two attached hydrogens (primary N) is 1. The van der Waals surface area contributed by atoms with Crippen molar-refractivity contribution >= 4 is 39.8 Å². The third kappa shape index (κ3) is 12.2. The highest BCUT2D eigenvalue weighted by Gasteiger charge is 2.27. The van der Waals surface area contributed by atoms with Crippen LogP contribution in [0.4, 0.5) is 31.5 Å². The molecule has 0 aromatic carbocycles. The molecule has 6 nitrogen and oxygen atoms in total. The maximum atomic E-state index is 12.0. The summed E-state index contributed by atoms with van der Waals surface area (Å²) in [5.41, 5.74) is 6.06. The van der Waals surface area contributed by atoms with E-state index in [2.05, 4.69) is 25.9 Å². The molecule has 0 saturated carbocycles. The molecule has 1 aromatic heterocycles. The SMILES string of the molecule is N/C(=N/CC(F)(F)F)Nc1nc(CCCCNC(=S)NCC(F)(F)F)cs1. The third-order valence-corrected chi connectivity index (χ3v) is 3.91. The number of nitrogens with one attached hydrogen (secondary N) is 3. The number of anilines is 1. The quantitative estimate of drug-likeness (QED) is 0.165. The van der Waals surface area contributed by atoms with E-state index in [1.54, 1.807) is 5.38 Å². The normalized spacial score (nSPS) is 12.7. The third-order valence-electron chi connectivity index (χ3n) is 2.81. The Kier molecular flexibility index (Phi) is 9.02. The Morgan fingerprint density at radius 2 is 1.85 bits per heavy atom. The Hall–Kier alpha value is -1.83. The van der Waals surface area contributed by atoms with Crippen molar-refractivity contribution in [2.75, 3.05) is 25.0 Å². The van der Waals surface area contributed by atoms with Crippen molar-refractivity contribution in [1.82, 2.24) is 15.6 Å². The monoisotopic (exact) mass is 436 g/mol. The van der Waals surface area contributed by atoms with E-state index in [1.165, 1.54) is 11.3 Å². The van der Waals surface area contributed by atoms with Crippen LogP contribution in [0.2, 0.25) is 0 Å². The molecular formula is C13H18F6N6S2. The number of hydrogen-bond acceptors (Lipinski definition) is 4. The Morgan fingerprint density at radius 1 is 1.15 bits per heavy atom. The number of hydrogen-bond donors (Lipinski definition) is 4. The number of unbranched alkanes of at least 4 members (excludes halogenated alkanes) is 1. The van der Waals surface area contributed by atoms with Crippen molar-refractivity contribution in [1.29, 1.82) is 0 Å². The van der Waals surface area contributed by atoms with Gasteiger partial charge in [0.25, 0.3) is 0 Å². The summed E-state index contributed by atoms with van der Waals surface area (Å²) in [4.78, 5) is 7.33. The van der Waals surface area contributed by atoms with Crippen LogP contribution >= 0.6 is 23.6 Å². The van der Waals surface area contributed by atoms with Crippen molar-refractivity contribution in [2.24, 2.45) is 10.7 Å². The summed E-state index contributed by atoms with van der Waals surface area (Å²) in [6.45, 7) is -2.17. The summed E-state index contributed by atoms with van der Waals surface area (Å²) in [6.07, 6.45) is -6.84. The molecule has 0 atom stereocenters. The number of aliphatic imine (C=N–C) groups is 1. The van der Waals surface area contributed by atoms with Gasteiger partial charge < -0.3 is 21.7 Å². The summed E-state index contributed by atoms with van der Waals surface area (Å²) >= 11 is 5.89. The minimum absolute atomic E-state index is 0.0684. The minimum Gasteiger partial charge on any atom is -0.370 e. The molecule has 5 N–H and O–H groups in total. The molecule has 0 fully saturated rings. The molecule has 1 rings (SSSR count). The lowest BCUT2D eigenvalue weighted by molar-refractivity contribution is -0.122. The van der Waals surface area contributed by atoms with Gasteiger partial charge in [0, 0.05) is 11.9 Å². The van der Waals surface area contributed by atoms with E-state index >= 15 is 0 Å². The molecule has 1 heterocycles. The second kappa shape index (κ2) is 10.5. The van der Waals surface area contributed by atoms with E-state index in [4.69, 9.17) is 18.0 Å². The van der Waals surface area contributed by atoms with Crippen molar-refractivity contribution < 1.29 is 26.3 Å². The van der Waals surface area contributed by atoms with E-state index in [9.17, 15) is 26.3 Å². The lowest BCUT2D eigenvalue weighted by Gasteiger charge is -2.11. The Labute approximate surface area is 160 Å². The highest BCUT2D eigenvalue weighted by atomic mass is 32.1. The minimum atomic E-state index is -4.43. The number of alkyl halides is 6. The van der Waals surface area contributed by atoms with Crippen LogP contribution < -0.4 is 21.7 Å². The first kappa shape index (κ1) is 23.2. The van der Waals surface area contributed by atoms with Crippen molar-refractivity contribution in [3.8, 4) is 0 Å². The van der Waals surface area contributed by atoms with Crippen LogP contribution in [0.25, 0.3) is 0 Å². The highest BCUT2D eigenvalue weighted by molar-refractivity contribution is 7.80. The van der Waals surface area contributed by atoms with Crippen LogP contribution in [0, 0.1) is 0 Å². The molecule has 0 aliphatic rings. The molecule has 0 aliphatic heterocycles. The molecule has 154 valence electrons. The number of nitrogens with zero attached hydrogens (tertiary/aromatic N) is 2. The number of aromatic nitrogens is 1. The smallest absolute Gasteiger partial charge is 0.370 e. The second-order valence-corrected chi connectivity index (χ2v) is 6.53. The van der Waals surface area contributed by atoms with Gasteiger partial charge in [0.15, 0.2) is 16.2 Å². The number of rotatable bonds is 8. The predicted molar refractivity (Wildman–Crippen MR) is 95.9 cm³/mol. The molecular weight excluding hydrogens is 418 g/mol. The zero-order chi connectivity index (χ0) is 20.5. The highest BCUT2D eigenvalue weighted by Crippen LogP contribution is 2.17. The van der Waals surface area contributed by atoms with Crippen LogP contribution in [0.5, 0.6) is 0 Å². The van der Waals surface area contributed by atoms with Crippen LogP contribution in [-0.2, 0) is 6.42 Å². The van der Waals surface area contributed by atoms with E-state index < -0.39 is 25.4 Å². The fourth-order valence-corrected chi connectivity index (χ4v) is 2.61. The van der Waals surface area contributed by atoms with Crippen LogP contribution in [0.15, 0.2) is 10.4 Å². The van der Waals surface area contributed by atoms with Crippen LogP contribution in [0.3, 0.4) is 0 Å². The molecule has 1 aromatic rings. The maximum Gasteiger partial charge on any atom is 0.408 e. The van der Waals surface area contributed by atoms with Gasteiger partial charge in [0.05, 0.1) is 5.69 Å². The maximum absolute atomic E-state index is 12.0. The lowest BCUT2D eigenvalue weighted by Crippen LogP contribution is -2.40. The topological polar surface area (TPSA) is 87.4 Å². The molecule has 27 heavy (non-hydrogen) atoms. The van der Waals surface area contributed by atoms with E-state index in [-0.39, 0.29) is 11.1 Å². The van der Waals surface area contributed by atoms with Crippen molar-refractivity contribution in [3.63, 3.8) is 0 Å². The van der Waals surface area contributed by atoms with Gasteiger partial charge in [-0.05, 0) is 31.5 Å². The summed E-state index contributed by atoms with van der Waals surface area (Å²) in [6, 6.07) is 0. The molecule has 0 radical (unpaired) electrons. The van der Waals surface area contributed by atoms with Crippen LogP contribution in [-0.4, -0.2) is 48.0 Å². The van der Waals surface area contributed by atoms with Gasteiger partial charge in [-0.15, -0.1) is 11.3 Å². The molecule has 0 aliphatic carbocycles. The number of guanidine groups is 1. The fourth-order valence-electron chi connectivity index (χ4n) is 1.68. The van der Waals surface area contributed by atoms with Gasteiger partial charge in [-0.3, -0.25) is 0 Å². The first-order valence-corrected chi connectivity index (χ1v) is 8.90. The summed E-state index contributed by atoms with van der Waals surface area (Å²) < 4.78 is 72.1. The van der Waals surface area contributed by atoms with Crippen molar-refractivity contribution in [3.05, 3.63) is 11.1 Å². The fraction of sp³-hybridized carbons (Fsp3) is 0.615. The van der Waals surface area contributed by atoms with Gasteiger partial charge in [0.2, 0.25) is 0 Å². The molecule has 0 saturated heterocycles. The Bertz CT molecular complexity index is 628. The molecule has 0 amide bonds. The van der Waals surface area contributed by atoms with E-state index in [1.807, 2.05) is 0 Å². The second-order valence-electron chi connectivity index (χ2n) is 5.27. The predicted octanol–water partition coefficient (Wildman–Crippen LogP) is 2.78. The molecule has 14 heteroatoms. The average molecular weight is 436 g/mol. The van der Waals surface area contributed by atoms with E-state index in [0.29, 0.717) is 36.6 Å². The number of thiocarbonyl (C=S) groups is 1. The molecule has 0 spiro atoms. The first-order valence-electron chi connectivity index (χ1n) is 7.61. The summed E-state index contributed by atoms with van der Waals surface area (Å²) in [5.74, 6) is -0.378. The average Bonchev–Trinajstić information content (AvgIpc) is 2.96. The zero-order valence-electron chi connectivity index (χ0n) is 13.9. The van der Waals surface area contributed by atoms with Gasteiger partial charge in [-0.25, -0.2) is 9.98 Å². The standard InChI is InChI=1S/C13H18F6N6S2/c14-12(15,16)6-22-9(20)25-11-24-8(5-27-11)3-1-2-4-21-10(26)23-7-13(17,18)19/h5H,1-4,6-7H2,(H2,21,23,26)(H3,20,22,24,25). The lowest BCUT2D eigenvalue weighted by atomic mass is 10.2. The summed E-state index contributed by atoms with van der Waals surface area (Å²) in [7, 11) is 0. The van der Waals surface area contributed by atoms with Gasteiger partial charge in [-0.2, -0.15) is 26.3 Å². The van der Waals surface area contributed by atoms with Crippen LogP contribution in [0.1, 0.15) is 18.5 Å². The van der Waals surface area contributed by atoms with Gasteiger partial charge in [0.1, 0.15) is 13.1 Å². The molecule has 0 bridgehead atoms. The Morgan fingerprint density at radius 3 is 2.48 bits per heavy atom. The Balaban J connectivity index is 2.23. The number of halogens is 6. The van der Waals surface area contributed by atoms with E-state index in [0.717, 1.165) is 0 Å². The number of thiazole rings is 1. The first-order chi connectivity index (χ1) is 12.4. The largest absolute Gasteiger partial charge is 0.408 e. The van der Waals surface area contributed by atoms with Gasteiger partial charge >= 0.3 is 12.4 Å². The van der Waals surface area contributed by atoms with Gasteiger partial charge in [-0.1, -0.05) is 0 Å². The number of aryl methyl sites for hydroxylation is 1. The zero-order valence-corrected chi connectivity index (χ0v) is 15.5. The summed E-state index contributed by atoms with van der Waals surface area (Å²) in [5, 5.41) is 9.18. The molecule has 0 unspecified atom stereocenters. The van der Waals surface area contributed by atoms with Crippen molar-refractivity contribution in [2.45, 2.75) is 31.6 Å².